The Morgan fingerprint density at radius 3 is 2.88 bits per heavy atom. The molecule has 0 bridgehead atoms. The van der Waals surface area contributed by atoms with Crippen LogP contribution in [0.2, 0.25) is 0 Å². The van der Waals surface area contributed by atoms with Gasteiger partial charge in [0.05, 0.1) is 6.61 Å². The highest BCUT2D eigenvalue weighted by molar-refractivity contribution is 7.16. The van der Waals surface area contributed by atoms with Crippen molar-refractivity contribution in [2.24, 2.45) is 0 Å². The van der Waals surface area contributed by atoms with E-state index in [1.807, 2.05) is 6.92 Å². The number of hydrogen-bond acceptors (Lipinski definition) is 4. The Kier molecular flexibility index (Phi) is 4.90. The third kappa shape index (κ3) is 3.17. The summed E-state index contributed by atoms with van der Waals surface area (Å²) in [5.41, 5.74) is 0.502. The number of aryl methyl sites for hydroxylation is 1. The zero-order valence-electron chi connectivity index (χ0n) is 9.93. The zero-order chi connectivity index (χ0) is 12.8. The first-order chi connectivity index (χ1) is 8.13. The van der Waals surface area contributed by atoms with Crippen molar-refractivity contribution in [2.75, 3.05) is 18.1 Å². The van der Waals surface area contributed by atoms with Crippen LogP contribution in [0.5, 0.6) is 0 Å². The lowest BCUT2D eigenvalue weighted by molar-refractivity contribution is 0.112. The lowest BCUT2D eigenvalue weighted by Gasteiger charge is -2.19. The van der Waals surface area contributed by atoms with Gasteiger partial charge in [-0.1, -0.05) is 6.08 Å². The minimum absolute atomic E-state index is 0.299. The monoisotopic (exact) mass is 253 g/mol. The van der Waals surface area contributed by atoms with Gasteiger partial charge in [-0.25, -0.2) is 4.79 Å². The molecule has 0 aliphatic carbocycles. The number of anilines is 1. The molecule has 17 heavy (non-hydrogen) atoms. The Morgan fingerprint density at radius 2 is 2.35 bits per heavy atom. The van der Waals surface area contributed by atoms with E-state index in [2.05, 4.69) is 6.58 Å². The third-order valence-corrected chi connectivity index (χ3v) is 3.12. The lowest BCUT2D eigenvalue weighted by atomic mass is 10.3. The maximum absolute atomic E-state index is 11.8. The van der Waals surface area contributed by atoms with E-state index in [1.165, 1.54) is 16.2 Å². The smallest absolute Gasteiger partial charge is 0.415 e. The van der Waals surface area contributed by atoms with Gasteiger partial charge < -0.3 is 4.74 Å². The van der Waals surface area contributed by atoms with Crippen LogP contribution in [-0.2, 0) is 4.74 Å². The fraction of sp³-hybridized carbons (Fsp3) is 0.333. The highest BCUT2D eigenvalue weighted by atomic mass is 32.1. The van der Waals surface area contributed by atoms with Crippen molar-refractivity contribution in [3.63, 3.8) is 0 Å². The van der Waals surface area contributed by atoms with Crippen LogP contribution in [0.1, 0.15) is 22.2 Å². The normalized spacial score (nSPS) is 9.76. The molecule has 1 aromatic heterocycles. The molecule has 1 heterocycles. The molecule has 4 nitrogen and oxygen atoms in total. The van der Waals surface area contributed by atoms with E-state index >= 15 is 0 Å². The van der Waals surface area contributed by atoms with Gasteiger partial charge in [-0.15, -0.1) is 17.9 Å². The Bertz CT molecular complexity index is 425. The maximum atomic E-state index is 11.8. The van der Waals surface area contributed by atoms with E-state index in [9.17, 15) is 9.59 Å². The predicted octanol–water partition coefficient (Wildman–Crippen LogP) is 3.02. The standard InChI is InChI=1S/C12H15NO3S/c1-4-6-13(12(15)16-5-2)11-10(8-14)7-9(3)17-11/h4,7-8H,1,5-6H2,2-3H3. The number of thiophene rings is 1. The maximum Gasteiger partial charge on any atom is 0.415 e. The zero-order valence-corrected chi connectivity index (χ0v) is 10.8. The summed E-state index contributed by atoms with van der Waals surface area (Å²) < 4.78 is 4.95. The molecule has 0 aromatic carbocycles. The minimum Gasteiger partial charge on any atom is -0.449 e. The summed E-state index contributed by atoms with van der Waals surface area (Å²) in [7, 11) is 0. The molecule has 1 amide bonds. The number of carbonyl (C=O) groups excluding carboxylic acids is 2. The molecule has 5 heteroatoms. The SMILES string of the molecule is C=CCN(C(=O)OCC)c1sc(C)cc1C=O. The predicted molar refractivity (Wildman–Crippen MR) is 69.0 cm³/mol. The van der Waals surface area contributed by atoms with Crippen LogP contribution in [0.15, 0.2) is 18.7 Å². The quantitative estimate of drug-likeness (QED) is 0.598. The number of rotatable bonds is 5. The molecule has 1 rings (SSSR count). The minimum atomic E-state index is -0.461. The summed E-state index contributed by atoms with van der Waals surface area (Å²) in [6.45, 7) is 7.84. The molecule has 0 N–H and O–H groups in total. The van der Waals surface area contributed by atoms with Crippen LogP contribution in [0.25, 0.3) is 0 Å². The first-order valence-electron chi connectivity index (χ1n) is 5.24. The third-order valence-electron chi connectivity index (χ3n) is 2.04. The van der Waals surface area contributed by atoms with Crippen LogP contribution in [0.4, 0.5) is 9.80 Å². The van der Waals surface area contributed by atoms with E-state index in [4.69, 9.17) is 4.74 Å². The first kappa shape index (κ1) is 13.4. The largest absolute Gasteiger partial charge is 0.449 e. The number of aldehydes is 1. The van der Waals surface area contributed by atoms with Crippen molar-refractivity contribution in [3.05, 3.63) is 29.2 Å². The molecule has 0 fully saturated rings. The number of hydrogen-bond donors (Lipinski definition) is 0. The van der Waals surface area contributed by atoms with E-state index in [1.54, 1.807) is 19.1 Å². The number of nitrogens with zero attached hydrogens (tertiary/aromatic N) is 1. The van der Waals surface area contributed by atoms with E-state index in [0.29, 0.717) is 23.7 Å². The summed E-state index contributed by atoms with van der Waals surface area (Å²) in [5.74, 6) is 0. The molecule has 0 spiro atoms. The number of carbonyl (C=O) groups is 2. The van der Waals surface area contributed by atoms with Crippen LogP contribution < -0.4 is 4.90 Å². The van der Waals surface area contributed by atoms with Gasteiger partial charge in [-0.2, -0.15) is 0 Å². The Balaban J connectivity index is 3.07. The average Bonchev–Trinajstić information content (AvgIpc) is 2.67. The van der Waals surface area contributed by atoms with Gasteiger partial charge in [0, 0.05) is 17.0 Å². The summed E-state index contributed by atoms with van der Waals surface area (Å²) in [5, 5.41) is 0.607. The van der Waals surface area contributed by atoms with Crippen LogP contribution >= 0.6 is 11.3 Å². The molecule has 0 aliphatic rings. The van der Waals surface area contributed by atoms with Crippen molar-refractivity contribution >= 4 is 28.7 Å². The highest BCUT2D eigenvalue weighted by Crippen LogP contribution is 2.30. The van der Waals surface area contributed by atoms with Crippen molar-refractivity contribution < 1.29 is 14.3 Å². The average molecular weight is 253 g/mol. The van der Waals surface area contributed by atoms with Gasteiger partial charge in [0.25, 0.3) is 0 Å². The second-order valence-electron chi connectivity index (χ2n) is 3.33. The van der Waals surface area contributed by atoms with E-state index < -0.39 is 6.09 Å². The Labute approximate surface area is 104 Å². The molecule has 0 saturated carbocycles. The van der Waals surface area contributed by atoms with Gasteiger partial charge >= 0.3 is 6.09 Å². The van der Waals surface area contributed by atoms with E-state index in [0.717, 1.165) is 11.2 Å². The summed E-state index contributed by atoms with van der Waals surface area (Å²) in [6, 6.07) is 1.75. The number of ether oxygens (including phenoxy) is 1. The van der Waals surface area contributed by atoms with Gasteiger partial charge in [0.1, 0.15) is 5.00 Å². The molecular weight excluding hydrogens is 238 g/mol. The molecule has 92 valence electrons. The fourth-order valence-corrected chi connectivity index (χ4v) is 2.36. The Hall–Kier alpha value is -1.62. The fourth-order valence-electron chi connectivity index (χ4n) is 1.39. The second kappa shape index (κ2) is 6.20. The van der Waals surface area contributed by atoms with Crippen LogP contribution in [0, 0.1) is 6.92 Å². The first-order valence-corrected chi connectivity index (χ1v) is 6.06. The second-order valence-corrected chi connectivity index (χ2v) is 4.57. The van der Waals surface area contributed by atoms with Gasteiger partial charge in [-0.3, -0.25) is 9.69 Å². The lowest BCUT2D eigenvalue weighted by Crippen LogP contribution is -2.31. The molecule has 0 radical (unpaired) electrons. The van der Waals surface area contributed by atoms with Gasteiger partial charge in [-0.05, 0) is 19.9 Å². The molecule has 0 atom stereocenters. The molecule has 0 saturated heterocycles. The highest BCUT2D eigenvalue weighted by Gasteiger charge is 2.20. The van der Waals surface area contributed by atoms with Crippen LogP contribution in [0.3, 0.4) is 0 Å². The summed E-state index contributed by atoms with van der Waals surface area (Å²) >= 11 is 1.39. The van der Waals surface area contributed by atoms with Crippen molar-refractivity contribution in [1.82, 2.24) is 0 Å². The number of amides is 1. The van der Waals surface area contributed by atoms with Crippen LogP contribution in [-0.4, -0.2) is 25.5 Å². The molecule has 0 unspecified atom stereocenters. The molecule has 0 aliphatic heterocycles. The Morgan fingerprint density at radius 1 is 1.65 bits per heavy atom. The van der Waals surface area contributed by atoms with Crippen molar-refractivity contribution in [1.29, 1.82) is 0 Å². The summed E-state index contributed by atoms with van der Waals surface area (Å²) in [4.78, 5) is 25.1. The molecule has 1 aromatic rings. The topological polar surface area (TPSA) is 46.6 Å². The van der Waals surface area contributed by atoms with Crippen molar-refractivity contribution in [2.45, 2.75) is 13.8 Å². The van der Waals surface area contributed by atoms with Gasteiger partial charge in [0.15, 0.2) is 6.29 Å². The van der Waals surface area contributed by atoms with Crippen molar-refractivity contribution in [3.8, 4) is 0 Å². The van der Waals surface area contributed by atoms with E-state index in [-0.39, 0.29) is 0 Å². The molecular formula is C12H15NO3S. The summed E-state index contributed by atoms with van der Waals surface area (Å²) in [6.07, 6.45) is 1.88. The van der Waals surface area contributed by atoms with Gasteiger partial charge in [0.2, 0.25) is 0 Å².